The van der Waals surface area contributed by atoms with Crippen LogP contribution in [0, 0.1) is 13.8 Å². The van der Waals surface area contributed by atoms with Crippen LogP contribution in [0.5, 0.6) is 0 Å². The van der Waals surface area contributed by atoms with Crippen LogP contribution >= 0.6 is 33.9 Å². The summed E-state index contributed by atoms with van der Waals surface area (Å²) in [4.78, 5) is 5.33. The molecule has 0 fully saturated rings. The summed E-state index contributed by atoms with van der Waals surface area (Å²) in [6.45, 7) is 5.26. The lowest BCUT2D eigenvalue weighted by atomic mass is 10.2. The zero-order chi connectivity index (χ0) is 32.3. The molecule has 0 saturated heterocycles. The Labute approximate surface area is 260 Å². The Bertz CT molecular complexity index is 1290. The van der Waals surface area contributed by atoms with Crippen molar-refractivity contribution in [2.45, 2.75) is 23.6 Å². The average molecular weight is 692 g/mol. The molecule has 0 heterocycles. The average Bonchev–Trinajstić information content (AvgIpc) is 2.94. The number of hydrogen-bond donors (Lipinski definition) is 1. The lowest BCUT2D eigenvalue weighted by molar-refractivity contribution is 0.0976. The minimum atomic E-state index is -3.74. The molecule has 0 aliphatic heterocycles. The summed E-state index contributed by atoms with van der Waals surface area (Å²) in [5.41, 5.74) is 17.8. The Morgan fingerprint density at radius 2 is 1.14 bits per heavy atom. The van der Waals surface area contributed by atoms with Crippen molar-refractivity contribution in [1.82, 2.24) is 0 Å². The molecule has 0 unspecified atom stereocenters. The monoisotopic (exact) mass is 690 g/mol. The third-order valence-corrected chi connectivity index (χ3v) is 6.81. The molecule has 0 atom stereocenters. The van der Waals surface area contributed by atoms with Gasteiger partial charge in [0.15, 0.2) is 0 Å². The molecule has 0 spiro atoms. The molecule has 2 aromatic carbocycles. The predicted octanol–water partition coefficient (Wildman–Crippen LogP) is 5.68. The fraction of sp³-hybridized carbons (Fsp3) is 0.478. The number of rotatable bonds is 14. The van der Waals surface area contributed by atoms with Crippen LogP contribution in [0.4, 0.5) is 0 Å². The second-order valence-corrected chi connectivity index (χ2v) is 12.3. The maximum atomic E-state index is 11.7. The first kappa shape index (κ1) is 41.8. The number of alkyl halides is 2. The smallest absolute Gasteiger partial charge is 0.297 e. The molecule has 19 heteroatoms. The summed E-state index contributed by atoms with van der Waals surface area (Å²) in [7, 11) is -2.20. The number of nitrogens with zero attached hydrogens (tertiary/aromatic N) is 6. The number of aliphatic hydroxyl groups is 1. The predicted molar refractivity (Wildman–Crippen MR) is 162 cm³/mol. The van der Waals surface area contributed by atoms with Gasteiger partial charge in [0.05, 0.1) is 54.8 Å². The van der Waals surface area contributed by atoms with Gasteiger partial charge in [-0.25, -0.2) is 8.42 Å². The number of aryl methyl sites for hydroxylation is 2. The van der Waals surface area contributed by atoms with Gasteiger partial charge in [-0.3, -0.25) is 4.18 Å². The van der Waals surface area contributed by atoms with E-state index in [0.29, 0.717) is 19.8 Å². The van der Waals surface area contributed by atoms with E-state index in [4.69, 9.17) is 63.7 Å². The molecule has 0 saturated carbocycles. The van der Waals surface area contributed by atoms with Crippen LogP contribution in [0.2, 0.25) is 0 Å². The molecule has 2 rings (SSSR count). The highest BCUT2D eigenvalue weighted by atomic mass is 35.7. The van der Waals surface area contributed by atoms with Gasteiger partial charge in [0.2, 0.25) is 0 Å². The van der Waals surface area contributed by atoms with Gasteiger partial charge in [-0.2, -0.15) is 8.42 Å². The zero-order valence-electron chi connectivity index (χ0n) is 22.9. The summed E-state index contributed by atoms with van der Waals surface area (Å²) < 4.78 is 59.5. The SMILES string of the molecule is Cc1ccc(S(=O)(=O)Cl)cc1.Cc1ccc(S(=O)(=O)OCCOCCN=[N+]=[N-])cc1.ClCCl.[N-]=[N+]=NCCOCCO. The van der Waals surface area contributed by atoms with Crippen molar-refractivity contribution >= 4 is 53.1 Å². The van der Waals surface area contributed by atoms with E-state index in [0.717, 1.165) is 11.1 Å². The maximum Gasteiger partial charge on any atom is 0.297 e. The van der Waals surface area contributed by atoms with Crippen LogP contribution < -0.4 is 0 Å². The van der Waals surface area contributed by atoms with E-state index < -0.39 is 19.2 Å². The molecule has 2 aromatic rings. The Kier molecular flexibility index (Phi) is 26.2. The minimum absolute atomic E-state index is 0.0102. The van der Waals surface area contributed by atoms with Crippen molar-refractivity contribution in [1.29, 1.82) is 0 Å². The van der Waals surface area contributed by atoms with Gasteiger partial charge < -0.3 is 14.6 Å². The van der Waals surface area contributed by atoms with E-state index in [-0.39, 0.29) is 48.1 Å². The van der Waals surface area contributed by atoms with Crippen molar-refractivity contribution in [3.63, 3.8) is 0 Å². The third kappa shape index (κ3) is 24.3. The summed E-state index contributed by atoms with van der Waals surface area (Å²) in [6, 6.07) is 12.8. The van der Waals surface area contributed by atoms with Crippen molar-refractivity contribution in [3.8, 4) is 0 Å². The van der Waals surface area contributed by atoms with Crippen molar-refractivity contribution in [2.24, 2.45) is 10.2 Å². The minimum Gasteiger partial charge on any atom is -0.394 e. The number of benzene rings is 2. The number of halogens is 3. The molecule has 236 valence electrons. The molecule has 42 heavy (non-hydrogen) atoms. The molecule has 0 bridgehead atoms. The lowest BCUT2D eigenvalue weighted by Crippen LogP contribution is -2.12. The first-order chi connectivity index (χ1) is 19.9. The largest absolute Gasteiger partial charge is 0.394 e. The summed E-state index contributed by atoms with van der Waals surface area (Å²) in [5.74, 6) is 0. The molecule has 0 aliphatic carbocycles. The van der Waals surface area contributed by atoms with Gasteiger partial charge in [0.1, 0.15) is 0 Å². The topological polar surface area (TPSA) is 214 Å². The Morgan fingerprint density at radius 1 is 0.738 bits per heavy atom. The molecule has 0 radical (unpaired) electrons. The number of ether oxygens (including phenoxy) is 2. The van der Waals surface area contributed by atoms with Crippen molar-refractivity contribution in [2.75, 3.05) is 58.1 Å². The van der Waals surface area contributed by atoms with Crippen LogP contribution in [0.25, 0.3) is 20.9 Å². The first-order valence-electron chi connectivity index (χ1n) is 11.8. The molecular weight excluding hydrogens is 659 g/mol. The molecule has 14 nitrogen and oxygen atoms in total. The Hall–Kier alpha value is -2.33. The Morgan fingerprint density at radius 3 is 1.52 bits per heavy atom. The van der Waals surface area contributed by atoms with Gasteiger partial charge in [-0.15, -0.1) is 23.2 Å². The summed E-state index contributed by atoms with van der Waals surface area (Å²) in [6.07, 6.45) is 0. The van der Waals surface area contributed by atoms with E-state index in [1.54, 1.807) is 24.3 Å². The Balaban J connectivity index is 0. The fourth-order valence-electron chi connectivity index (χ4n) is 2.25. The van der Waals surface area contributed by atoms with Crippen LogP contribution in [0.15, 0.2) is 68.6 Å². The highest BCUT2D eigenvalue weighted by molar-refractivity contribution is 8.13. The van der Waals surface area contributed by atoms with Gasteiger partial charge >= 0.3 is 0 Å². The second-order valence-electron chi connectivity index (χ2n) is 7.30. The maximum absolute atomic E-state index is 11.7. The van der Waals surface area contributed by atoms with Crippen LogP contribution in [-0.4, -0.2) is 80.0 Å². The quantitative estimate of drug-likeness (QED) is 0.0494. The number of azide groups is 2. The fourth-order valence-corrected chi connectivity index (χ4v) is 3.91. The summed E-state index contributed by atoms with van der Waals surface area (Å²) >= 11 is 9.53. The summed E-state index contributed by atoms with van der Waals surface area (Å²) in [5, 5.41) is 14.9. The zero-order valence-corrected chi connectivity index (χ0v) is 26.8. The second kappa shape index (κ2) is 26.3. The molecule has 0 aromatic heterocycles. The molecular formula is C23H33Cl3N6O8S2. The van der Waals surface area contributed by atoms with Crippen LogP contribution in [0.1, 0.15) is 11.1 Å². The van der Waals surface area contributed by atoms with E-state index in [1.165, 1.54) is 24.3 Å². The van der Waals surface area contributed by atoms with Crippen LogP contribution in [0.3, 0.4) is 0 Å². The molecule has 0 amide bonds. The van der Waals surface area contributed by atoms with Gasteiger partial charge in [0, 0.05) is 33.6 Å². The first-order valence-corrected chi connectivity index (χ1v) is 16.6. The van der Waals surface area contributed by atoms with E-state index >= 15 is 0 Å². The standard InChI is InChI=1S/C11H15N3O4S.C7H7ClO2S.C4H9N3O2.CH2Cl2/c1-10-2-4-11(5-3-10)19(15,16)18-9-8-17-7-6-13-14-12;1-6-2-4-7(5-3-6)11(8,9)10;5-7-6-1-3-9-4-2-8;2-1-3/h2-5H,6-9H2,1H3;2-5H,1H3;8H,1-4H2;1H2. The number of hydrogen-bond acceptors (Lipinski definition) is 10. The van der Waals surface area contributed by atoms with Gasteiger partial charge in [0.25, 0.3) is 19.2 Å². The van der Waals surface area contributed by atoms with Crippen molar-refractivity contribution in [3.05, 3.63) is 80.5 Å². The van der Waals surface area contributed by atoms with Gasteiger partial charge in [-0.05, 0) is 49.2 Å². The normalized spacial score (nSPS) is 10.2. The van der Waals surface area contributed by atoms with Crippen LogP contribution in [-0.2, 0) is 32.8 Å². The molecule has 1 N–H and O–H groups in total. The number of aliphatic hydroxyl groups excluding tert-OH is 1. The van der Waals surface area contributed by atoms with Gasteiger partial charge in [-0.1, -0.05) is 45.6 Å². The van der Waals surface area contributed by atoms with Crippen molar-refractivity contribution < 1.29 is 35.6 Å². The lowest BCUT2D eigenvalue weighted by Gasteiger charge is -2.06. The van der Waals surface area contributed by atoms with E-state index in [1.807, 2.05) is 13.8 Å². The highest BCUT2D eigenvalue weighted by Gasteiger charge is 2.14. The molecule has 0 aliphatic rings. The van der Waals surface area contributed by atoms with E-state index in [9.17, 15) is 16.8 Å². The van der Waals surface area contributed by atoms with E-state index in [2.05, 4.69) is 20.1 Å². The third-order valence-electron chi connectivity index (χ3n) is 4.11. The highest BCUT2D eigenvalue weighted by Crippen LogP contribution is 2.14.